The van der Waals surface area contributed by atoms with Gasteiger partial charge in [0.25, 0.3) is 0 Å². The summed E-state index contributed by atoms with van der Waals surface area (Å²) in [7, 11) is 2.11. The Balaban J connectivity index is 2.21. The van der Waals surface area contributed by atoms with Gasteiger partial charge in [0.05, 0.1) is 11.0 Å². The molecule has 0 aromatic heterocycles. The molecule has 0 saturated carbocycles. The van der Waals surface area contributed by atoms with Crippen molar-refractivity contribution in [2.45, 2.75) is 6.04 Å². The summed E-state index contributed by atoms with van der Waals surface area (Å²) in [6.07, 6.45) is 0. The molecule has 3 N–H and O–H groups in total. The van der Waals surface area contributed by atoms with Crippen molar-refractivity contribution in [1.82, 2.24) is 9.80 Å². The first-order valence-electron chi connectivity index (χ1n) is 6.09. The predicted octanol–water partition coefficient (Wildman–Crippen LogP) is 0.967. The summed E-state index contributed by atoms with van der Waals surface area (Å²) in [5, 5.41) is 9.57. The van der Waals surface area contributed by atoms with Crippen molar-refractivity contribution in [2.75, 3.05) is 33.2 Å². The molecule has 1 aliphatic heterocycles. The van der Waals surface area contributed by atoms with E-state index in [4.69, 9.17) is 18.0 Å². The van der Waals surface area contributed by atoms with Crippen LogP contribution in [0.5, 0.6) is 5.75 Å². The molecule has 1 saturated heterocycles. The first-order chi connectivity index (χ1) is 8.58. The Morgan fingerprint density at radius 3 is 2.56 bits per heavy atom. The van der Waals surface area contributed by atoms with E-state index in [1.54, 1.807) is 12.1 Å². The van der Waals surface area contributed by atoms with Crippen LogP contribution in [-0.4, -0.2) is 53.1 Å². The van der Waals surface area contributed by atoms with Crippen LogP contribution in [0.25, 0.3) is 0 Å². The highest BCUT2D eigenvalue weighted by Gasteiger charge is 2.26. The first kappa shape index (κ1) is 13.3. The quantitative estimate of drug-likeness (QED) is 0.798. The van der Waals surface area contributed by atoms with Gasteiger partial charge in [0, 0.05) is 26.2 Å². The third kappa shape index (κ3) is 2.98. The standard InChI is InChI=1S/C13H19N3OS/c1-15-5-7-16(8-6-15)12(13(14)18)10-3-2-4-11(17)9-10/h2-4,9,12,17H,5-8H2,1H3,(H2,14,18). The highest BCUT2D eigenvalue weighted by atomic mass is 32.1. The molecular weight excluding hydrogens is 246 g/mol. The minimum Gasteiger partial charge on any atom is -0.508 e. The highest BCUT2D eigenvalue weighted by Crippen LogP contribution is 2.25. The number of aromatic hydroxyl groups is 1. The Hall–Kier alpha value is -1.17. The molecule has 4 nitrogen and oxygen atoms in total. The molecule has 1 unspecified atom stereocenters. The zero-order chi connectivity index (χ0) is 13.1. The summed E-state index contributed by atoms with van der Waals surface area (Å²) in [4.78, 5) is 5.03. The van der Waals surface area contributed by atoms with Crippen LogP contribution in [0.3, 0.4) is 0 Å². The van der Waals surface area contributed by atoms with Crippen LogP contribution in [0.4, 0.5) is 0 Å². The molecule has 2 rings (SSSR count). The number of phenols is 1. The van der Waals surface area contributed by atoms with E-state index >= 15 is 0 Å². The number of phenolic OH excluding ortho intramolecular Hbond substituents is 1. The van der Waals surface area contributed by atoms with E-state index in [1.165, 1.54) is 0 Å². The molecule has 0 aliphatic carbocycles. The molecule has 5 heteroatoms. The molecule has 0 spiro atoms. The summed E-state index contributed by atoms with van der Waals surface area (Å²) in [5.74, 6) is 0.253. The molecule has 0 bridgehead atoms. The van der Waals surface area contributed by atoms with E-state index in [2.05, 4.69) is 16.8 Å². The van der Waals surface area contributed by atoms with Crippen molar-refractivity contribution < 1.29 is 5.11 Å². The van der Waals surface area contributed by atoms with Crippen LogP contribution >= 0.6 is 12.2 Å². The van der Waals surface area contributed by atoms with Gasteiger partial charge in [-0.05, 0) is 24.7 Å². The number of thiocarbonyl (C=S) groups is 1. The number of rotatable bonds is 3. The third-order valence-corrected chi connectivity index (χ3v) is 3.58. The molecule has 1 aromatic carbocycles. The van der Waals surface area contributed by atoms with Gasteiger partial charge in [0.15, 0.2) is 0 Å². The lowest BCUT2D eigenvalue weighted by molar-refractivity contribution is 0.137. The van der Waals surface area contributed by atoms with Gasteiger partial charge in [-0.3, -0.25) is 4.90 Å². The topological polar surface area (TPSA) is 52.7 Å². The molecule has 98 valence electrons. The number of likely N-dealkylation sites (N-methyl/N-ethyl adjacent to an activating group) is 1. The lowest BCUT2D eigenvalue weighted by atomic mass is 10.0. The average Bonchev–Trinajstić information content (AvgIpc) is 2.32. The maximum Gasteiger partial charge on any atom is 0.115 e. The lowest BCUT2D eigenvalue weighted by Crippen LogP contribution is -2.48. The minimum absolute atomic E-state index is 0.0826. The van der Waals surface area contributed by atoms with E-state index in [-0.39, 0.29) is 11.8 Å². The van der Waals surface area contributed by atoms with Gasteiger partial charge in [-0.2, -0.15) is 0 Å². The minimum atomic E-state index is -0.0826. The smallest absolute Gasteiger partial charge is 0.115 e. The Morgan fingerprint density at radius 2 is 2.00 bits per heavy atom. The average molecular weight is 265 g/mol. The normalized spacial score (nSPS) is 19.6. The maximum atomic E-state index is 9.57. The van der Waals surface area contributed by atoms with Crippen molar-refractivity contribution in [1.29, 1.82) is 0 Å². The molecule has 1 aromatic rings. The second-order valence-electron chi connectivity index (χ2n) is 4.74. The Morgan fingerprint density at radius 1 is 1.33 bits per heavy atom. The Bertz CT molecular complexity index is 430. The van der Waals surface area contributed by atoms with E-state index in [0.717, 1.165) is 31.7 Å². The first-order valence-corrected chi connectivity index (χ1v) is 6.49. The molecular formula is C13H19N3OS. The van der Waals surface area contributed by atoms with Crippen LogP contribution in [0.15, 0.2) is 24.3 Å². The molecule has 0 radical (unpaired) electrons. The van der Waals surface area contributed by atoms with Gasteiger partial charge >= 0.3 is 0 Å². The fourth-order valence-corrected chi connectivity index (χ4v) is 2.62. The number of hydrogen-bond acceptors (Lipinski definition) is 4. The Labute approximate surface area is 113 Å². The lowest BCUT2D eigenvalue weighted by Gasteiger charge is -2.37. The van der Waals surface area contributed by atoms with Gasteiger partial charge in [-0.15, -0.1) is 0 Å². The van der Waals surface area contributed by atoms with Gasteiger partial charge in [-0.25, -0.2) is 0 Å². The summed E-state index contributed by atoms with van der Waals surface area (Å²) >= 11 is 5.19. The second-order valence-corrected chi connectivity index (χ2v) is 5.21. The molecule has 1 aliphatic rings. The number of hydrogen-bond donors (Lipinski definition) is 2. The van der Waals surface area contributed by atoms with Crippen LogP contribution < -0.4 is 5.73 Å². The SMILES string of the molecule is CN1CCN(C(C(N)=S)c2cccc(O)c2)CC1. The zero-order valence-electron chi connectivity index (χ0n) is 10.5. The van der Waals surface area contributed by atoms with Gasteiger partial charge in [0.1, 0.15) is 5.75 Å². The van der Waals surface area contributed by atoms with Crippen LogP contribution in [0.2, 0.25) is 0 Å². The Kier molecular flexibility index (Phi) is 4.16. The third-order valence-electron chi connectivity index (χ3n) is 3.36. The largest absolute Gasteiger partial charge is 0.508 e. The molecule has 1 atom stereocenters. The fourth-order valence-electron chi connectivity index (χ4n) is 2.33. The number of benzene rings is 1. The van der Waals surface area contributed by atoms with Crippen molar-refractivity contribution in [3.8, 4) is 5.75 Å². The number of piperazine rings is 1. The van der Waals surface area contributed by atoms with Crippen LogP contribution in [0, 0.1) is 0 Å². The summed E-state index contributed by atoms with van der Waals surface area (Å²) in [6, 6.07) is 7.10. The number of nitrogens with zero attached hydrogens (tertiary/aromatic N) is 2. The van der Waals surface area contributed by atoms with E-state index in [1.807, 2.05) is 12.1 Å². The fraction of sp³-hybridized carbons (Fsp3) is 0.462. The number of nitrogens with two attached hydrogens (primary N) is 1. The molecule has 1 heterocycles. The maximum absolute atomic E-state index is 9.57. The predicted molar refractivity (Wildman–Crippen MR) is 76.7 cm³/mol. The van der Waals surface area contributed by atoms with E-state index in [9.17, 15) is 5.11 Å². The van der Waals surface area contributed by atoms with Gasteiger partial charge < -0.3 is 15.7 Å². The molecule has 1 fully saturated rings. The van der Waals surface area contributed by atoms with Gasteiger partial charge in [-0.1, -0.05) is 24.4 Å². The molecule has 18 heavy (non-hydrogen) atoms. The van der Waals surface area contributed by atoms with Gasteiger partial charge in [0.2, 0.25) is 0 Å². The van der Waals surface area contributed by atoms with Crippen molar-refractivity contribution in [3.05, 3.63) is 29.8 Å². The van der Waals surface area contributed by atoms with Crippen molar-refractivity contribution >= 4 is 17.2 Å². The highest BCUT2D eigenvalue weighted by molar-refractivity contribution is 7.80. The van der Waals surface area contributed by atoms with Crippen molar-refractivity contribution in [3.63, 3.8) is 0 Å². The monoisotopic (exact) mass is 265 g/mol. The summed E-state index contributed by atoms with van der Waals surface area (Å²) < 4.78 is 0. The second kappa shape index (κ2) is 5.65. The van der Waals surface area contributed by atoms with Crippen LogP contribution in [-0.2, 0) is 0 Å². The van der Waals surface area contributed by atoms with E-state index < -0.39 is 0 Å². The zero-order valence-corrected chi connectivity index (χ0v) is 11.4. The summed E-state index contributed by atoms with van der Waals surface area (Å²) in [6.45, 7) is 3.90. The van der Waals surface area contributed by atoms with Crippen molar-refractivity contribution in [2.24, 2.45) is 5.73 Å². The summed E-state index contributed by atoms with van der Waals surface area (Å²) in [5.41, 5.74) is 6.84. The van der Waals surface area contributed by atoms with Crippen LogP contribution in [0.1, 0.15) is 11.6 Å². The van der Waals surface area contributed by atoms with E-state index in [0.29, 0.717) is 4.99 Å². The molecule has 0 amide bonds.